The number of nitrogens with zero attached hydrogens (tertiary/aromatic N) is 1. The molecule has 2 rings (SSSR count). The van der Waals surface area contributed by atoms with Gasteiger partial charge in [-0.3, -0.25) is 14.4 Å². The number of hydrogen-bond donors (Lipinski definition) is 4. The number of carbonyl (C=O) groups is 3. The van der Waals surface area contributed by atoms with Crippen LogP contribution in [0.2, 0.25) is 0 Å². The maximum atomic E-state index is 12.6. The van der Waals surface area contributed by atoms with Crippen LogP contribution in [0.25, 0.3) is 0 Å². The van der Waals surface area contributed by atoms with Crippen LogP contribution in [0.3, 0.4) is 0 Å². The van der Waals surface area contributed by atoms with E-state index in [0.717, 1.165) is 25.2 Å². The van der Waals surface area contributed by atoms with Gasteiger partial charge in [-0.2, -0.15) is 0 Å². The summed E-state index contributed by atoms with van der Waals surface area (Å²) in [6.45, 7) is 3.62. The summed E-state index contributed by atoms with van der Waals surface area (Å²) < 4.78 is 0. The molecule has 5 N–H and O–H groups in total. The Morgan fingerprint density at radius 3 is 2.45 bits per heavy atom. The molecule has 1 saturated heterocycles. The van der Waals surface area contributed by atoms with E-state index >= 15 is 0 Å². The van der Waals surface area contributed by atoms with Crippen molar-refractivity contribution in [3.8, 4) is 0 Å². The van der Waals surface area contributed by atoms with Gasteiger partial charge in [0.15, 0.2) is 0 Å². The summed E-state index contributed by atoms with van der Waals surface area (Å²) in [6, 6.07) is 7.08. The van der Waals surface area contributed by atoms with E-state index in [4.69, 9.17) is 5.73 Å². The van der Waals surface area contributed by atoms with Gasteiger partial charge < -0.3 is 26.6 Å². The van der Waals surface area contributed by atoms with Crippen molar-refractivity contribution in [2.24, 2.45) is 5.73 Å². The Labute approximate surface area is 184 Å². The van der Waals surface area contributed by atoms with Crippen molar-refractivity contribution >= 4 is 53.9 Å². The molecule has 1 aromatic carbocycles. The van der Waals surface area contributed by atoms with Crippen LogP contribution in [0.5, 0.6) is 0 Å². The molecule has 0 radical (unpaired) electrons. The van der Waals surface area contributed by atoms with Gasteiger partial charge in [0, 0.05) is 24.5 Å². The van der Waals surface area contributed by atoms with E-state index in [1.54, 1.807) is 0 Å². The van der Waals surface area contributed by atoms with Crippen molar-refractivity contribution < 1.29 is 14.4 Å². The molecule has 8 nitrogen and oxygen atoms in total. The first-order valence-corrected chi connectivity index (χ1v) is 9.45. The highest BCUT2D eigenvalue weighted by Crippen LogP contribution is 2.23. The van der Waals surface area contributed by atoms with E-state index in [9.17, 15) is 14.4 Å². The Bertz CT molecular complexity index is 669. The molecule has 1 aliphatic heterocycles. The minimum absolute atomic E-state index is 0. The molecule has 0 saturated carbocycles. The van der Waals surface area contributed by atoms with E-state index in [1.165, 1.54) is 12.8 Å². The Morgan fingerprint density at radius 1 is 1.14 bits per heavy atom. The fourth-order valence-corrected chi connectivity index (χ4v) is 3.04. The Balaban J connectivity index is 0.00000392. The van der Waals surface area contributed by atoms with Crippen molar-refractivity contribution in [2.45, 2.75) is 38.6 Å². The molecular formula is C19H31Cl2N5O3. The normalized spacial score (nSPS) is 13.5. The van der Waals surface area contributed by atoms with Gasteiger partial charge in [0.05, 0.1) is 13.1 Å². The second-order valence-corrected chi connectivity index (χ2v) is 6.62. The Morgan fingerprint density at radius 2 is 1.83 bits per heavy atom. The predicted molar refractivity (Wildman–Crippen MR) is 120 cm³/mol. The molecule has 1 aromatic rings. The van der Waals surface area contributed by atoms with Gasteiger partial charge in [0.2, 0.25) is 17.7 Å². The molecule has 3 amide bonds. The van der Waals surface area contributed by atoms with Crippen LogP contribution in [0.1, 0.15) is 32.6 Å². The molecular weight excluding hydrogens is 417 g/mol. The Kier molecular flexibility index (Phi) is 13.0. The largest absolute Gasteiger partial charge is 0.371 e. The number of benzene rings is 1. The molecule has 0 aliphatic carbocycles. The summed E-state index contributed by atoms with van der Waals surface area (Å²) in [5.41, 5.74) is 6.98. The van der Waals surface area contributed by atoms with Crippen LogP contribution in [0.15, 0.2) is 24.3 Å². The van der Waals surface area contributed by atoms with Crippen LogP contribution in [-0.2, 0) is 14.4 Å². The topological polar surface area (TPSA) is 117 Å². The van der Waals surface area contributed by atoms with Crippen molar-refractivity contribution in [3.63, 3.8) is 0 Å². The molecule has 1 heterocycles. The quantitative estimate of drug-likeness (QED) is 0.456. The molecule has 1 aliphatic rings. The van der Waals surface area contributed by atoms with Gasteiger partial charge in [-0.05, 0) is 37.5 Å². The molecule has 1 atom stereocenters. The molecule has 0 spiro atoms. The highest BCUT2D eigenvalue weighted by Gasteiger charge is 2.21. The third-order valence-electron chi connectivity index (χ3n) is 4.45. The minimum atomic E-state index is -0.660. The van der Waals surface area contributed by atoms with E-state index < -0.39 is 17.9 Å². The zero-order chi connectivity index (χ0) is 19.6. The van der Waals surface area contributed by atoms with E-state index in [-0.39, 0.29) is 43.8 Å². The number of hydrogen-bond acceptors (Lipinski definition) is 5. The van der Waals surface area contributed by atoms with Gasteiger partial charge in [-0.25, -0.2) is 0 Å². The number of nitrogens with one attached hydrogen (secondary N) is 3. The number of anilines is 2. The Hall–Kier alpha value is -2.03. The van der Waals surface area contributed by atoms with Gasteiger partial charge in [0.25, 0.3) is 0 Å². The first-order valence-electron chi connectivity index (χ1n) is 9.45. The average molecular weight is 448 g/mol. The highest BCUT2D eigenvalue weighted by atomic mass is 35.5. The third kappa shape index (κ3) is 8.89. The second kappa shape index (κ2) is 14.0. The maximum absolute atomic E-state index is 12.6. The number of nitrogens with two attached hydrogens (primary N) is 1. The van der Waals surface area contributed by atoms with Crippen LogP contribution in [0.4, 0.5) is 11.4 Å². The van der Waals surface area contributed by atoms with Crippen molar-refractivity contribution in [3.05, 3.63) is 24.3 Å². The fourth-order valence-electron chi connectivity index (χ4n) is 3.04. The van der Waals surface area contributed by atoms with Crippen LogP contribution >= 0.6 is 24.8 Å². The molecule has 0 aromatic heterocycles. The zero-order valence-corrected chi connectivity index (χ0v) is 18.2. The van der Waals surface area contributed by atoms with Crippen LogP contribution < -0.4 is 26.6 Å². The van der Waals surface area contributed by atoms with Gasteiger partial charge in [-0.15, -0.1) is 24.8 Å². The molecule has 0 bridgehead atoms. The standard InChI is InChI=1S/C19H29N5O3.2ClH/c1-2-6-16(23-18(26)13-21-17(25)12-20)19(27)22-14-7-5-8-15(11-14)24-9-3-4-10-24;;/h5,7-8,11,16H,2-4,6,9-10,12-13,20H2,1H3,(H,21,25)(H,22,27)(H,23,26);2*1H. The van der Waals surface area contributed by atoms with Gasteiger partial charge in [0.1, 0.15) is 6.04 Å². The lowest BCUT2D eigenvalue weighted by atomic mass is 10.1. The summed E-state index contributed by atoms with van der Waals surface area (Å²) in [5.74, 6) is -1.11. The molecule has 29 heavy (non-hydrogen) atoms. The lowest BCUT2D eigenvalue weighted by Gasteiger charge is -2.20. The third-order valence-corrected chi connectivity index (χ3v) is 4.45. The SMILES string of the molecule is CCCC(NC(=O)CNC(=O)CN)C(=O)Nc1cccc(N2CCCC2)c1.Cl.Cl. The van der Waals surface area contributed by atoms with Gasteiger partial charge >= 0.3 is 0 Å². The average Bonchev–Trinajstić information content (AvgIpc) is 3.20. The number of carbonyl (C=O) groups excluding carboxylic acids is 3. The number of rotatable bonds is 9. The summed E-state index contributed by atoms with van der Waals surface area (Å²) >= 11 is 0. The summed E-state index contributed by atoms with van der Waals surface area (Å²) in [5, 5.41) is 7.95. The second-order valence-electron chi connectivity index (χ2n) is 6.62. The van der Waals surface area contributed by atoms with Crippen LogP contribution in [-0.4, -0.2) is 49.9 Å². The molecule has 1 unspecified atom stereocenters. The van der Waals surface area contributed by atoms with Crippen molar-refractivity contribution in [2.75, 3.05) is 36.4 Å². The number of amides is 3. The van der Waals surface area contributed by atoms with E-state index in [2.05, 4.69) is 20.9 Å². The van der Waals surface area contributed by atoms with Gasteiger partial charge in [-0.1, -0.05) is 19.4 Å². The summed E-state index contributed by atoms with van der Waals surface area (Å²) in [4.78, 5) is 38.0. The van der Waals surface area contributed by atoms with E-state index in [1.807, 2.05) is 31.2 Å². The van der Waals surface area contributed by atoms with Crippen molar-refractivity contribution in [1.29, 1.82) is 0 Å². The van der Waals surface area contributed by atoms with E-state index in [0.29, 0.717) is 12.1 Å². The predicted octanol–water partition coefficient (Wildman–Crippen LogP) is 1.43. The minimum Gasteiger partial charge on any atom is -0.371 e. The monoisotopic (exact) mass is 447 g/mol. The molecule has 1 fully saturated rings. The van der Waals surface area contributed by atoms with Crippen LogP contribution in [0, 0.1) is 0 Å². The molecule has 10 heteroatoms. The van der Waals surface area contributed by atoms with Crippen molar-refractivity contribution in [1.82, 2.24) is 10.6 Å². The summed E-state index contributed by atoms with van der Waals surface area (Å²) in [6.07, 6.45) is 3.61. The molecule has 164 valence electrons. The smallest absolute Gasteiger partial charge is 0.246 e. The summed E-state index contributed by atoms with van der Waals surface area (Å²) in [7, 11) is 0. The highest BCUT2D eigenvalue weighted by molar-refractivity contribution is 5.98. The lowest BCUT2D eigenvalue weighted by Crippen LogP contribution is -2.48. The fraction of sp³-hybridized carbons (Fsp3) is 0.526. The maximum Gasteiger partial charge on any atom is 0.246 e. The first-order chi connectivity index (χ1) is 13.0. The first kappa shape index (κ1) is 27.0. The lowest BCUT2D eigenvalue weighted by molar-refractivity contribution is -0.128. The number of halogens is 2. The zero-order valence-electron chi connectivity index (χ0n) is 16.6.